The van der Waals surface area contributed by atoms with Crippen molar-refractivity contribution in [3.8, 4) is 0 Å². The van der Waals surface area contributed by atoms with Gasteiger partial charge in [0.1, 0.15) is 0 Å². The van der Waals surface area contributed by atoms with E-state index >= 15 is 0 Å². The van der Waals surface area contributed by atoms with E-state index in [1.165, 1.54) is 19.2 Å². The molecule has 0 radical (unpaired) electrons. The monoisotopic (exact) mass is 231 g/mol. The second-order valence-corrected chi connectivity index (χ2v) is 3.28. The number of aromatic nitrogens is 1. The van der Waals surface area contributed by atoms with Crippen molar-refractivity contribution in [3.63, 3.8) is 0 Å². The Morgan fingerprint density at radius 3 is 2.53 bits per heavy atom. The Morgan fingerprint density at radius 2 is 2.06 bits per heavy atom. The SMILES string of the molecule is CC(=C\C(=O)[O-])/C(=C/c1cccnc1)C(=O)[O-]. The lowest BCUT2D eigenvalue weighted by molar-refractivity contribution is -0.298. The summed E-state index contributed by atoms with van der Waals surface area (Å²) in [5.74, 6) is -2.91. The van der Waals surface area contributed by atoms with E-state index in [2.05, 4.69) is 4.98 Å². The van der Waals surface area contributed by atoms with Crippen molar-refractivity contribution in [2.75, 3.05) is 0 Å². The minimum Gasteiger partial charge on any atom is -0.545 e. The van der Waals surface area contributed by atoms with Crippen molar-refractivity contribution in [1.29, 1.82) is 0 Å². The van der Waals surface area contributed by atoms with Crippen molar-refractivity contribution >= 4 is 18.0 Å². The van der Waals surface area contributed by atoms with Gasteiger partial charge in [-0.05, 0) is 36.3 Å². The first kappa shape index (κ1) is 12.6. The van der Waals surface area contributed by atoms with Gasteiger partial charge in [-0.1, -0.05) is 6.07 Å². The minimum atomic E-state index is -1.46. The number of nitrogens with zero attached hydrogens (tertiary/aromatic N) is 1. The van der Waals surface area contributed by atoms with Crippen molar-refractivity contribution in [3.05, 3.63) is 47.3 Å². The molecule has 0 amide bonds. The molecule has 1 aromatic rings. The number of carbonyl (C=O) groups excluding carboxylic acids is 2. The van der Waals surface area contributed by atoms with Crippen LogP contribution in [0.1, 0.15) is 12.5 Å². The lowest BCUT2D eigenvalue weighted by atomic mass is 10.0. The Morgan fingerprint density at radius 1 is 1.35 bits per heavy atom. The third-order valence-corrected chi connectivity index (χ3v) is 1.97. The Bertz CT molecular complexity index is 488. The largest absolute Gasteiger partial charge is 0.545 e. The van der Waals surface area contributed by atoms with Crippen LogP contribution < -0.4 is 10.2 Å². The number of carboxylic acids is 2. The highest BCUT2D eigenvalue weighted by Gasteiger charge is 2.02. The van der Waals surface area contributed by atoms with Crippen LogP contribution >= 0.6 is 0 Å². The van der Waals surface area contributed by atoms with E-state index in [0.29, 0.717) is 11.6 Å². The molecule has 1 aromatic heterocycles. The summed E-state index contributed by atoms with van der Waals surface area (Å²) in [4.78, 5) is 25.0. The van der Waals surface area contributed by atoms with Crippen molar-refractivity contribution in [1.82, 2.24) is 4.98 Å². The summed E-state index contributed by atoms with van der Waals surface area (Å²) in [6, 6.07) is 3.28. The Hall–Kier alpha value is -2.43. The quantitative estimate of drug-likeness (QED) is 0.485. The molecule has 0 aromatic carbocycles. The summed E-state index contributed by atoms with van der Waals surface area (Å²) in [6.07, 6.45) is 4.99. The number of aliphatic carboxylic acids is 2. The van der Waals surface area contributed by atoms with Gasteiger partial charge in [0.25, 0.3) is 0 Å². The van der Waals surface area contributed by atoms with Gasteiger partial charge in [0, 0.05) is 18.0 Å². The average Bonchev–Trinajstić information content (AvgIpc) is 2.25. The van der Waals surface area contributed by atoms with Crippen molar-refractivity contribution in [2.24, 2.45) is 0 Å². The predicted octanol–water partition coefficient (Wildman–Crippen LogP) is -1.09. The molecule has 1 rings (SSSR count). The summed E-state index contributed by atoms with van der Waals surface area (Å²) in [5, 5.41) is 21.2. The summed E-state index contributed by atoms with van der Waals surface area (Å²) in [5.41, 5.74) is 0.369. The van der Waals surface area contributed by atoms with Gasteiger partial charge in [0.05, 0.1) is 11.9 Å². The molecular weight excluding hydrogens is 222 g/mol. The van der Waals surface area contributed by atoms with Crippen LogP contribution in [0.2, 0.25) is 0 Å². The molecule has 0 aliphatic carbocycles. The number of carboxylic acid groups (broad SMARTS) is 2. The zero-order valence-corrected chi connectivity index (χ0v) is 9.04. The van der Waals surface area contributed by atoms with Crippen LogP contribution in [-0.2, 0) is 9.59 Å². The van der Waals surface area contributed by atoms with Crippen LogP contribution in [0.5, 0.6) is 0 Å². The summed E-state index contributed by atoms with van der Waals surface area (Å²) in [7, 11) is 0. The first-order valence-corrected chi connectivity index (χ1v) is 4.73. The minimum absolute atomic E-state index is 0.0499. The van der Waals surface area contributed by atoms with Crippen LogP contribution in [-0.4, -0.2) is 16.9 Å². The van der Waals surface area contributed by atoms with Crippen LogP contribution in [0.4, 0.5) is 0 Å². The second-order valence-electron chi connectivity index (χ2n) is 3.28. The Labute approximate surface area is 97.7 Å². The maximum Gasteiger partial charge on any atom is 0.0718 e. The highest BCUT2D eigenvalue weighted by molar-refractivity contribution is 5.97. The maximum atomic E-state index is 10.9. The molecule has 0 saturated carbocycles. The number of hydrogen-bond donors (Lipinski definition) is 0. The lowest BCUT2D eigenvalue weighted by Gasteiger charge is -2.09. The summed E-state index contributed by atoms with van der Waals surface area (Å²) < 4.78 is 0. The van der Waals surface area contributed by atoms with E-state index in [9.17, 15) is 19.8 Å². The molecule has 0 bridgehead atoms. The van der Waals surface area contributed by atoms with E-state index in [0.717, 1.165) is 0 Å². The van der Waals surface area contributed by atoms with Gasteiger partial charge in [-0.15, -0.1) is 0 Å². The number of hydrogen-bond acceptors (Lipinski definition) is 5. The van der Waals surface area contributed by atoms with Gasteiger partial charge >= 0.3 is 0 Å². The van der Waals surface area contributed by atoms with Gasteiger partial charge in [-0.25, -0.2) is 0 Å². The standard InChI is InChI=1S/C12H11NO4/c1-8(5-11(14)15)10(12(16)17)6-9-3-2-4-13-7-9/h2-7H,1H3,(H,14,15)(H,16,17)/p-2/b8-5+,10-6-. The van der Waals surface area contributed by atoms with E-state index in [-0.39, 0.29) is 11.1 Å². The third-order valence-electron chi connectivity index (χ3n) is 1.97. The van der Waals surface area contributed by atoms with Gasteiger partial charge in [-0.3, -0.25) is 4.98 Å². The van der Waals surface area contributed by atoms with E-state index in [1.54, 1.807) is 18.3 Å². The zero-order chi connectivity index (χ0) is 12.8. The molecule has 0 fully saturated rings. The molecule has 0 aliphatic rings. The molecule has 88 valence electrons. The van der Waals surface area contributed by atoms with Crippen LogP contribution in [0.15, 0.2) is 41.7 Å². The van der Waals surface area contributed by atoms with Gasteiger partial charge < -0.3 is 19.8 Å². The smallest absolute Gasteiger partial charge is 0.0718 e. The first-order chi connectivity index (χ1) is 8.00. The fourth-order valence-electron chi connectivity index (χ4n) is 1.22. The molecule has 0 aliphatic heterocycles. The van der Waals surface area contributed by atoms with Crippen molar-refractivity contribution < 1.29 is 19.8 Å². The number of rotatable bonds is 4. The molecule has 17 heavy (non-hydrogen) atoms. The number of carbonyl (C=O) groups is 2. The van der Waals surface area contributed by atoms with Gasteiger partial charge in [0.15, 0.2) is 0 Å². The highest BCUT2D eigenvalue weighted by Crippen LogP contribution is 2.13. The van der Waals surface area contributed by atoms with Crippen LogP contribution in [0, 0.1) is 0 Å². The zero-order valence-electron chi connectivity index (χ0n) is 9.04. The molecule has 0 unspecified atom stereocenters. The molecule has 5 nitrogen and oxygen atoms in total. The second kappa shape index (κ2) is 5.60. The number of pyridine rings is 1. The first-order valence-electron chi connectivity index (χ1n) is 4.73. The van der Waals surface area contributed by atoms with Crippen LogP contribution in [0.3, 0.4) is 0 Å². The molecule has 0 saturated heterocycles. The average molecular weight is 231 g/mol. The summed E-state index contributed by atoms with van der Waals surface area (Å²) >= 11 is 0. The van der Waals surface area contributed by atoms with Crippen LogP contribution in [0.25, 0.3) is 6.08 Å². The molecule has 0 N–H and O–H groups in total. The van der Waals surface area contributed by atoms with E-state index in [1.807, 2.05) is 0 Å². The molecule has 5 heteroatoms. The third kappa shape index (κ3) is 3.90. The predicted molar refractivity (Wildman–Crippen MR) is 56.0 cm³/mol. The van der Waals surface area contributed by atoms with Gasteiger partial charge in [-0.2, -0.15) is 0 Å². The molecule has 0 spiro atoms. The lowest BCUT2D eigenvalue weighted by Crippen LogP contribution is -2.26. The van der Waals surface area contributed by atoms with Gasteiger partial charge in [0.2, 0.25) is 0 Å². The molecule has 1 heterocycles. The Balaban J connectivity index is 3.15. The van der Waals surface area contributed by atoms with E-state index in [4.69, 9.17) is 0 Å². The molecule has 0 atom stereocenters. The molecular formula is C12H9NO4-2. The summed E-state index contributed by atoms with van der Waals surface area (Å²) in [6.45, 7) is 1.35. The van der Waals surface area contributed by atoms with E-state index < -0.39 is 11.9 Å². The highest BCUT2D eigenvalue weighted by atomic mass is 16.4. The fourth-order valence-corrected chi connectivity index (χ4v) is 1.22. The van der Waals surface area contributed by atoms with Crippen molar-refractivity contribution in [2.45, 2.75) is 6.92 Å². The fraction of sp³-hybridized carbons (Fsp3) is 0.0833. The Kier molecular flexibility index (Phi) is 4.16. The topological polar surface area (TPSA) is 93.2 Å². The normalized spacial score (nSPS) is 12.3. The maximum absolute atomic E-state index is 10.9.